The first kappa shape index (κ1) is 12.2. The average Bonchev–Trinajstić information content (AvgIpc) is 2.69. The van der Waals surface area contributed by atoms with Crippen LogP contribution < -0.4 is 5.73 Å². The van der Waals surface area contributed by atoms with Crippen molar-refractivity contribution < 1.29 is 9.47 Å². The maximum Gasteiger partial charge on any atom is 0.0823 e. The van der Waals surface area contributed by atoms with Crippen LogP contribution in [0, 0.1) is 11.8 Å². The molecule has 0 radical (unpaired) electrons. The molecule has 0 aliphatic carbocycles. The molecule has 1 heterocycles. The number of ether oxygens (including phenoxy) is 2. The average molecular weight is 225 g/mol. The van der Waals surface area contributed by atoms with Crippen LogP contribution in [0.4, 0.5) is 0 Å². The van der Waals surface area contributed by atoms with Crippen LogP contribution in [0.15, 0.2) is 11.4 Å². The van der Waals surface area contributed by atoms with Crippen molar-refractivity contribution in [3.63, 3.8) is 0 Å². The highest BCUT2D eigenvalue weighted by Gasteiger charge is 2.01. The number of hydrogen-bond donors (Lipinski definition) is 1. The van der Waals surface area contributed by atoms with Crippen molar-refractivity contribution in [1.29, 1.82) is 0 Å². The van der Waals surface area contributed by atoms with E-state index in [9.17, 15) is 0 Å². The molecule has 3 nitrogen and oxygen atoms in total. The first-order valence-electron chi connectivity index (χ1n) is 4.70. The lowest BCUT2D eigenvalue weighted by Gasteiger charge is -2.01. The molecule has 0 bridgehead atoms. The molecule has 0 aliphatic heterocycles. The lowest BCUT2D eigenvalue weighted by molar-refractivity contribution is 0.0628. The Morgan fingerprint density at radius 3 is 3.07 bits per heavy atom. The number of nitrogens with two attached hydrogens (primary N) is 1. The van der Waals surface area contributed by atoms with Crippen molar-refractivity contribution in [3.05, 3.63) is 21.9 Å². The molecule has 0 saturated carbocycles. The van der Waals surface area contributed by atoms with Crippen molar-refractivity contribution >= 4 is 11.3 Å². The summed E-state index contributed by atoms with van der Waals surface area (Å²) in [7, 11) is 1.66. The normalized spacial score (nSPS) is 9.73. The van der Waals surface area contributed by atoms with Gasteiger partial charge in [-0.15, -0.1) is 11.3 Å². The summed E-state index contributed by atoms with van der Waals surface area (Å²) in [6.45, 7) is 2.21. The van der Waals surface area contributed by atoms with Crippen LogP contribution in [0.25, 0.3) is 0 Å². The molecule has 0 spiro atoms. The number of rotatable bonds is 5. The second-order valence-electron chi connectivity index (χ2n) is 2.81. The van der Waals surface area contributed by atoms with Crippen LogP contribution >= 0.6 is 11.3 Å². The van der Waals surface area contributed by atoms with Gasteiger partial charge < -0.3 is 15.2 Å². The van der Waals surface area contributed by atoms with E-state index in [1.807, 2.05) is 11.4 Å². The molecule has 0 amide bonds. The minimum Gasteiger partial charge on any atom is -0.382 e. The van der Waals surface area contributed by atoms with E-state index in [-0.39, 0.29) is 0 Å². The summed E-state index contributed by atoms with van der Waals surface area (Å²) in [5.74, 6) is 5.85. The minimum atomic E-state index is 0.389. The summed E-state index contributed by atoms with van der Waals surface area (Å²) < 4.78 is 10.3. The molecule has 0 aromatic carbocycles. The van der Waals surface area contributed by atoms with Crippen LogP contribution in [0.2, 0.25) is 0 Å². The SMILES string of the molecule is COCCOCc1sccc1C#CCN. The zero-order valence-corrected chi connectivity index (χ0v) is 9.60. The summed E-state index contributed by atoms with van der Waals surface area (Å²) >= 11 is 1.65. The van der Waals surface area contributed by atoms with Crippen LogP contribution in [0.5, 0.6) is 0 Å². The summed E-state index contributed by atoms with van der Waals surface area (Å²) in [4.78, 5) is 1.15. The van der Waals surface area contributed by atoms with Crippen LogP contribution in [-0.2, 0) is 16.1 Å². The number of hydrogen-bond acceptors (Lipinski definition) is 4. The fourth-order valence-corrected chi connectivity index (χ4v) is 1.78. The third-order valence-corrected chi connectivity index (χ3v) is 2.63. The van der Waals surface area contributed by atoms with Gasteiger partial charge in [-0.05, 0) is 11.4 Å². The van der Waals surface area contributed by atoms with Gasteiger partial charge in [0.2, 0.25) is 0 Å². The van der Waals surface area contributed by atoms with Crippen LogP contribution in [0.3, 0.4) is 0 Å². The molecular formula is C11H15NO2S. The molecule has 0 fully saturated rings. The van der Waals surface area contributed by atoms with Crippen molar-refractivity contribution in [3.8, 4) is 11.8 Å². The highest BCUT2D eigenvalue weighted by Crippen LogP contribution is 2.16. The maximum absolute atomic E-state index is 5.43. The van der Waals surface area contributed by atoms with E-state index in [0.29, 0.717) is 26.4 Å². The van der Waals surface area contributed by atoms with Gasteiger partial charge in [0.15, 0.2) is 0 Å². The Kier molecular flexibility index (Phi) is 6.05. The standard InChI is InChI=1S/C11H15NO2S/c1-13-6-7-14-9-11-10(3-2-5-12)4-8-15-11/h4,8H,5-7,9,12H2,1H3. The Bertz CT molecular complexity index is 338. The molecule has 0 atom stereocenters. The Labute approximate surface area is 94.2 Å². The smallest absolute Gasteiger partial charge is 0.0823 e. The largest absolute Gasteiger partial charge is 0.382 e. The predicted molar refractivity (Wildman–Crippen MR) is 61.8 cm³/mol. The first-order chi connectivity index (χ1) is 7.38. The molecule has 0 aliphatic rings. The molecule has 82 valence electrons. The number of methoxy groups -OCH3 is 1. The Morgan fingerprint density at radius 1 is 1.47 bits per heavy atom. The van der Waals surface area contributed by atoms with Gasteiger partial charge >= 0.3 is 0 Å². The van der Waals surface area contributed by atoms with Gasteiger partial charge in [0.05, 0.1) is 26.4 Å². The highest BCUT2D eigenvalue weighted by molar-refractivity contribution is 7.10. The van der Waals surface area contributed by atoms with Gasteiger partial charge in [0.1, 0.15) is 0 Å². The summed E-state index contributed by atoms with van der Waals surface area (Å²) in [6, 6.07) is 1.99. The third-order valence-electron chi connectivity index (χ3n) is 1.74. The second kappa shape index (κ2) is 7.43. The van der Waals surface area contributed by atoms with E-state index in [2.05, 4.69) is 11.8 Å². The van der Waals surface area contributed by atoms with Crippen LogP contribution in [0.1, 0.15) is 10.4 Å². The van der Waals surface area contributed by atoms with Crippen molar-refractivity contribution in [2.75, 3.05) is 26.9 Å². The Balaban J connectivity index is 2.43. The molecule has 0 saturated heterocycles. The first-order valence-corrected chi connectivity index (χ1v) is 5.58. The Hall–Kier alpha value is -0.860. The van der Waals surface area contributed by atoms with Gasteiger partial charge in [-0.1, -0.05) is 11.8 Å². The Morgan fingerprint density at radius 2 is 2.33 bits per heavy atom. The van der Waals surface area contributed by atoms with Gasteiger partial charge in [0, 0.05) is 17.6 Å². The number of thiophene rings is 1. The molecule has 1 aromatic heterocycles. The van der Waals surface area contributed by atoms with E-state index >= 15 is 0 Å². The van der Waals surface area contributed by atoms with E-state index in [0.717, 1.165) is 10.4 Å². The molecule has 15 heavy (non-hydrogen) atoms. The molecule has 0 unspecified atom stereocenters. The van der Waals surface area contributed by atoms with E-state index in [4.69, 9.17) is 15.2 Å². The zero-order chi connectivity index (χ0) is 10.9. The highest BCUT2D eigenvalue weighted by atomic mass is 32.1. The monoisotopic (exact) mass is 225 g/mol. The van der Waals surface area contributed by atoms with E-state index in [1.165, 1.54) is 0 Å². The van der Waals surface area contributed by atoms with Gasteiger partial charge in [-0.3, -0.25) is 0 Å². The third kappa shape index (κ3) is 4.45. The van der Waals surface area contributed by atoms with E-state index < -0.39 is 0 Å². The zero-order valence-electron chi connectivity index (χ0n) is 8.79. The predicted octanol–water partition coefficient (Wildman–Crippen LogP) is 1.22. The van der Waals surface area contributed by atoms with Gasteiger partial charge in [-0.25, -0.2) is 0 Å². The van der Waals surface area contributed by atoms with Crippen molar-refractivity contribution in [2.24, 2.45) is 5.73 Å². The molecule has 2 N–H and O–H groups in total. The topological polar surface area (TPSA) is 44.5 Å². The lowest BCUT2D eigenvalue weighted by Crippen LogP contribution is -2.01. The quantitative estimate of drug-likeness (QED) is 0.605. The lowest BCUT2D eigenvalue weighted by atomic mass is 10.2. The summed E-state index contributed by atoms with van der Waals surface area (Å²) in [5.41, 5.74) is 6.33. The summed E-state index contributed by atoms with van der Waals surface area (Å²) in [6.07, 6.45) is 0. The molecular weight excluding hydrogens is 210 g/mol. The van der Waals surface area contributed by atoms with Crippen molar-refractivity contribution in [1.82, 2.24) is 0 Å². The fourth-order valence-electron chi connectivity index (χ4n) is 1.02. The van der Waals surface area contributed by atoms with Gasteiger partial charge in [-0.2, -0.15) is 0 Å². The minimum absolute atomic E-state index is 0.389. The molecule has 1 rings (SSSR count). The second-order valence-corrected chi connectivity index (χ2v) is 3.81. The maximum atomic E-state index is 5.43. The molecule has 4 heteroatoms. The van der Waals surface area contributed by atoms with Gasteiger partial charge in [0.25, 0.3) is 0 Å². The summed E-state index contributed by atoms with van der Waals surface area (Å²) in [5, 5.41) is 2.01. The van der Waals surface area contributed by atoms with E-state index in [1.54, 1.807) is 18.4 Å². The van der Waals surface area contributed by atoms with Crippen LogP contribution in [-0.4, -0.2) is 26.9 Å². The fraction of sp³-hybridized carbons (Fsp3) is 0.455. The van der Waals surface area contributed by atoms with Crippen molar-refractivity contribution in [2.45, 2.75) is 6.61 Å². The molecule has 1 aromatic rings.